The van der Waals surface area contributed by atoms with Gasteiger partial charge >= 0.3 is 0 Å². The van der Waals surface area contributed by atoms with Gasteiger partial charge < -0.3 is 10.1 Å². The number of amides is 1. The standard InChI is InChI=1S/C24H26N2O4S/c1-4-19-9-5-6-11-23(19)30-18(3)24(27)25-20-12-14-22(15-13-20)31(28,29)26-21-10-7-8-17(2)16-21/h5-16,18,26H,4H2,1-3H3,(H,25,27)/t18-/m0/s1. The van der Waals surface area contributed by atoms with E-state index in [2.05, 4.69) is 10.0 Å². The van der Waals surface area contributed by atoms with Gasteiger partial charge in [0.1, 0.15) is 5.75 Å². The van der Waals surface area contributed by atoms with Crippen LogP contribution in [0.3, 0.4) is 0 Å². The van der Waals surface area contributed by atoms with Gasteiger partial charge in [0, 0.05) is 11.4 Å². The fourth-order valence-corrected chi connectivity index (χ4v) is 4.09. The third-order valence-corrected chi connectivity index (χ3v) is 6.13. The van der Waals surface area contributed by atoms with Crippen molar-refractivity contribution in [3.05, 3.63) is 83.9 Å². The number of hydrogen-bond donors (Lipinski definition) is 2. The summed E-state index contributed by atoms with van der Waals surface area (Å²) in [5.41, 5.74) is 2.96. The van der Waals surface area contributed by atoms with Gasteiger partial charge in [0.2, 0.25) is 0 Å². The Bertz CT molecular complexity index is 1160. The third kappa shape index (κ3) is 5.86. The molecule has 0 aliphatic rings. The maximum Gasteiger partial charge on any atom is 0.265 e. The zero-order chi connectivity index (χ0) is 22.4. The van der Waals surface area contributed by atoms with E-state index in [1.54, 1.807) is 37.3 Å². The minimum atomic E-state index is -3.73. The van der Waals surface area contributed by atoms with Gasteiger partial charge in [-0.15, -0.1) is 0 Å². The minimum absolute atomic E-state index is 0.105. The largest absolute Gasteiger partial charge is 0.481 e. The molecule has 0 radical (unpaired) electrons. The topological polar surface area (TPSA) is 84.5 Å². The lowest BCUT2D eigenvalue weighted by atomic mass is 10.1. The van der Waals surface area contributed by atoms with E-state index in [0.29, 0.717) is 17.1 Å². The second-order valence-electron chi connectivity index (χ2n) is 7.21. The van der Waals surface area contributed by atoms with Crippen molar-refractivity contribution in [2.24, 2.45) is 0 Å². The Morgan fingerprint density at radius 1 is 0.968 bits per heavy atom. The first-order chi connectivity index (χ1) is 14.8. The fraction of sp³-hybridized carbons (Fsp3) is 0.208. The van der Waals surface area contributed by atoms with Crippen LogP contribution in [-0.4, -0.2) is 20.4 Å². The van der Waals surface area contributed by atoms with Gasteiger partial charge in [-0.3, -0.25) is 9.52 Å². The molecule has 31 heavy (non-hydrogen) atoms. The van der Waals surface area contributed by atoms with Crippen LogP contribution in [-0.2, 0) is 21.2 Å². The summed E-state index contributed by atoms with van der Waals surface area (Å²) in [5, 5.41) is 2.76. The van der Waals surface area contributed by atoms with Crippen LogP contribution in [0.1, 0.15) is 25.0 Å². The predicted molar refractivity (Wildman–Crippen MR) is 123 cm³/mol. The molecule has 1 amide bonds. The molecule has 0 fully saturated rings. The van der Waals surface area contributed by atoms with E-state index in [-0.39, 0.29) is 10.8 Å². The SMILES string of the molecule is CCc1ccccc1O[C@@H](C)C(=O)Nc1ccc(S(=O)(=O)Nc2cccc(C)c2)cc1. The van der Waals surface area contributed by atoms with Gasteiger partial charge in [-0.05, 0) is 73.9 Å². The molecule has 0 saturated carbocycles. The quantitative estimate of drug-likeness (QED) is 0.531. The zero-order valence-corrected chi connectivity index (χ0v) is 18.6. The summed E-state index contributed by atoms with van der Waals surface area (Å²) in [6.07, 6.45) is 0.0934. The summed E-state index contributed by atoms with van der Waals surface area (Å²) in [6, 6.07) is 20.7. The highest BCUT2D eigenvalue weighted by Crippen LogP contribution is 2.21. The Balaban J connectivity index is 1.65. The third-order valence-electron chi connectivity index (χ3n) is 4.73. The Morgan fingerprint density at radius 3 is 2.35 bits per heavy atom. The number of hydrogen-bond acceptors (Lipinski definition) is 4. The molecule has 3 aromatic rings. The first-order valence-electron chi connectivity index (χ1n) is 10.0. The lowest BCUT2D eigenvalue weighted by molar-refractivity contribution is -0.122. The minimum Gasteiger partial charge on any atom is -0.481 e. The van der Waals surface area contributed by atoms with Crippen LogP contribution >= 0.6 is 0 Å². The van der Waals surface area contributed by atoms with Crippen LogP contribution in [0.4, 0.5) is 11.4 Å². The van der Waals surface area contributed by atoms with E-state index in [9.17, 15) is 13.2 Å². The molecule has 0 aliphatic carbocycles. The number of sulfonamides is 1. The van der Waals surface area contributed by atoms with Crippen molar-refractivity contribution in [3.63, 3.8) is 0 Å². The van der Waals surface area contributed by atoms with Crippen LogP contribution in [0.2, 0.25) is 0 Å². The van der Waals surface area contributed by atoms with Crippen molar-refractivity contribution in [1.82, 2.24) is 0 Å². The lowest BCUT2D eigenvalue weighted by Gasteiger charge is -2.17. The van der Waals surface area contributed by atoms with Crippen molar-refractivity contribution in [2.75, 3.05) is 10.0 Å². The highest BCUT2D eigenvalue weighted by Gasteiger charge is 2.18. The number of carbonyl (C=O) groups excluding carboxylic acids is 1. The smallest absolute Gasteiger partial charge is 0.265 e. The van der Waals surface area contributed by atoms with Crippen LogP contribution in [0.15, 0.2) is 77.7 Å². The fourth-order valence-electron chi connectivity index (χ4n) is 3.04. The van der Waals surface area contributed by atoms with Gasteiger partial charge in [-0.1, -0.05) is 37.3 Å². The first-order valence-corrected chi connectivity index (χ1v) is 11.5. The van der Waals surface area contributed by atoms with Gasteiger partial charge in [-0.25, -0.2) is 8.42 Å². The molecular formula is C24H26N2O4S. The molecule has 0 aliphatic heterocycles. The van der Waals surface area contributed by atoms with Gasteiger partial charge in [-0.2, -0.15) is 0 Å². The Hall–Kier alpha value is -3.32. The molecule has 0 saturated heterocycles. The molecule has 6 nitrogen and oxygen atoms in total. The average Bonchev–Trinajstić information content (AvgIpc) is 2.74. The number of anilines is 2. The van der Waals surface area contributed by atoms with E-state index in [4.69, 9.17) is 4.74 Å². The van der Waals surface area contributed by atoms with Gasteiger partial charge in [0.15, 0.2) is 6.10 Å². The second kappa shape index (κ2) is 9.66. The van der Waals surface area contributed by atoms with Crippen LogP contribution in [0.25, 0.3) is 0 Å². The number of carbonyl (C=O) groups is 1. The summed E-state index contributed by atoms with van der Waals surface area (Å²) in [4.78, 5) is 12.6. The Labute approximate surface area is 183 Å². The van der Waals surface area contributed by atoms with Gasteiger partial charge in [0.05, 0.1) is 4.90 Å². The van der Waals surface area contributed by atoms with Crippen molar-refractivity contribution in [1.29, 1.82) is 0 Å². The molecule has 0 aromatic heterocycles. The average molecular weight is 439 g/mol. The molecule has 1 atom stereocenters. The van der Waals surface area contributed by atoms with E-state index in [1.807, 2.05) is 44.2 Å². The van der Waals surface area contributed by atoms with E-state index in [0.717, 1.165) is 17.5 Å². The van der Waals surface area contributed by atoms with Crippen LogP contribution in [0.5, 0.6) is 5.75 Å². The molecule has 0 unspecified atom stereocenters. The highest BCUT2D eigenvalue weighted by molar-refractivity contribution is 7.92. The van der Waals surface area contributed by atoms with Crippen LogP contribution < -0.4 is 14.8 Å². The highest BCUT2D eigenvalue weighted by atomic mass is 32.2. The molecule has 3 rings (SSSR count). The number of benzene rings is 3. The second-order valence-corrected chi connectivity index (χ2v) is 8.89. The molecular weight excluding hydrogens is 412 g/mol. The van der Waals surface area contributed by atoms with Crippen LogP contribution in [0, 0.1) is 6.92 Å². The summed E-state index contributed by atoms with van der Waals surface area (Å²) >= 11 is 0. The van der Waals surface area contributed by atoms with Crippen molar-refractivity contribution in [2.45, 2.75) is 38.2 Å². The summed E-state index contributed by atoms with van der Waals surface area (Å²) < 4.78 is 33.6. The molecule has 162 valence electrons. The number of aryl methyl sites for hydroxylation is 2. The van der Waals surface area contributed by atoms with Crippen molar-refractivity contribution >= 4 is 27.3 Å². The maximum absolute atomic E-state index is 12.6. The normalized spacial score (nSPS) is 12.1. The molecule has 0 bridgehead atoms. The first kappa shape index (κ1) is 22.4. The summed E-state index contributed by atoms with van der Waals surface area (Å²) in [6.45, 7) is 5.59. The predicted octanol–water partition coefficient (Wildman–Crippen LogP) is 4.76. The number of ether oxygens (including phenoxy) is 1. The van der Waals surface area contributed by atoms with E-state index < -0.39 is 16.1 Å². The Kier molecular flexibility index (Phi) is 6.97. The van der Waals surface area contributed by atoms with E-state index in [1.165, 1.54) is 12.1 Å². The monoisotopic (exact) mass is 438 g/mol. The summed E-state index contributed by atoms with van der Waals surface area (Å²) in [5.74, 6) is 0.357. The molecule has 0 heterocycles. The zero-order valence-electron chi connectivity index (χ0n) is 17.8. The van der Waals surface area contributed by atoms with E-state index >= 15 is 0 Å². The number of para-hydroxylation sites is 1. The molecule has 0 spiro atoms. The van der Waals surface area contributed by atoms with Gasteiger partial charge in [0.25, 0.3) is 15.9 Å². The van der Waals surface area contributed by atoms with Crippen molar-refractivity contribution < 1.29 is 17.9 Å². The summed E-state index contributed by atoms with van der Waals surface area (Å²) in [7, 11) is -3.73. The number of rotatable bonds is 8. The maximum atomic E-state index is 12.6. The lowest BCUT2D eigenvalue weighted by Crippen LogP contribution is -2.30. The number of nitrogens with one attached hydrogen (secondary N) is 2. The molecule has 2 N–H and O–H groups in total. The van der Waals surface area contributed by atoms with Crippen molar-refractivity contribution in [3.8, 4) is 5.75 Å². The molecule has 7 heteroatoms. The Morgan fingerprint density at radius 2 is 1.68 bits per heavy atom. The molecule has 3 aromatic carbocycles.